The summed E-state index contributed by atoms with van der Waals surface area (Å²) in [5, 5.41) is 50.7. The Hall–Kier alpha value is -1.05. The van der Waals surface area contributed by atoms with Crippen LogP contribution in [0.4, 0.5) is 0 Å². The number of nitrogens with zero attached hydrogens (tertiary/aromatic N) is 2. The molecule has 0 amide bonds. The molecule has 0 aliphatic carbocycles. The molecule has 0 aromatic rings. The van der Waals surface area contributed by atoms with Crippen LogP contribution >= 0.6 is 0 Å². The lowest BCUT2D eigenvalue weighted by Gasteiger charge is -2.54. The van der Waals surface area contributed by atoms with Crippen molar-refractivity contribution in [2.45, 2.75) is 198 Å². The van der Waals surface area contributed by atoms with E-state index in [0.717, 1.165) is 13.0 Å². The number of carbonyl (C=O) groups is 1. The number of hydrogen-bond acceptors (Lipinski definition) is 15. The normalized spacial score (nSPS) is 48.8. The smallest absolute Gasteiger partial charge is 0.311 e. The summed E-state index contributed by atoms with van der Waals surface area (Å²) < 4.78 is 45.6. The zero-order chi connectivity index (χ0) is 42.8. The van der Waals surface area contributed by atoms with E-state index in [0.29, 0.717) is 26.2 Å². The van der Waals surface area contributed by atoms with Crippen LogP contribution in [-0.4, -0.2) is 174 Å². The van der Waals surface area contributed by atoms with Crippen LogP contribution in [0.1, 0.15) is 108 Å². The van der Waals surface area contributed by atoms with Crippen molar-refractivity contribution in [2.75, 3.05) is 47.6 Å². The van der Waals surface area contributed by atoms with E-state index in [1.807, 2.05) is 53.6 Å². The van der Waals surface area contributed by atoms with Gasteiger partial charge in [0.25, 0.3) is 0 Å². The Balaban J connectivity index is 1.79. The van der Waals surface area contributed by atoms with Crippen molar-refractivity contribution >= 4 is 5.97 Å². The van der Waals surface area contributed by atoms with Crippen LogP contribution < -0.4 is 5.32 Å². The summed E-state index contributed by atoms with van der Waals surface area (Å²) in [5.41, 5.74) is -4.96. The van der Waals surface area contributed by atoms with Gasteiger partial charge in [-0.15, -0.1) is 0 Å². The van der Waals surface area contributed by atoms with Gasteiger partial charge in [-0.05, 0) is 101 Å². The fourth-order valence-electron chi connectivity index (χ4n) is 10.1. The molecule has 4 heterocycles. The van der Waals surface area contributed by atoms with Gasteiger partial charge in [0.1, 0.15) is 41.8 Å². The molecule has 4 aliphatic rings. The van der Waals surface area contributed by atoms with Crippen molar-refractivity contribution in [2.24, 2.45) is 17.8 Å². The van der Waals surface area contributed by atoms with Crippen LogP contribution in [0.15, 0.2) is 0 Å². The summed E-state index contributed by atoms with van der Waals surface area (Å²) in [6, 6.07) is -0.846. The van der Waals surface area contributed by atoms with Gasteiger partial charge in [0.05, 0.1) is 35.9 Å². The van der Waals surface area contributed by atoms with Gasteiger partial charge in [0.15, 0.2) is 12.6 Å². The van der Waals surface area contributed by atoms with Crippen LogP contribution in [0.2, 0.25) is 0 Å². The molecule has 0 bridgehead atoms. The summed E-state index contributed by atoms with van der Waals surface area (Å²) in [7, 11) is 5.46. The molecule has 0 aromatic carbocycles. The summed E-state index contributed by atoms with van der Waals surface area (Å²) in [6.07, 6.45) is -5.77. The van der Waals surface area contributed by atoms with Gasteiger partial charge in [0, 0.05) is 44.6 Å². The highest BCUT2D eigenvalue weighted by Crippen LogP contribution is 2.47. The first-order chi connectivity index (χ1) is 26.5. The molecule has 4 fully saturated rings. The quantitative estimate of drug-likeness (QED) is 0.214. The maximum absolute atomic E-state index is 14.4. The molecule has 15 heteroatoms. The van der Waals surface area contributed by atoms with Crippen LogP contribution in [0.25, 0.3) is 0 Å². The number of methoxy groups -OCH3 is 1. The summed E-state index contributed by atoms with van der Waals surface area (Å²) in [5.74, 6) is -2.52. The summed E-state index contributed by atoms with van der Waals surface area (Å²) in [6.45, 7) is 22.6. The highest BCUT2D eigenvalue weighted by molar-refractivity contribution is 5.73. The van der Waals surface area contributed by atoms with Gasteiger partial charge in [0.2, 0.25) is 0 Å². The van der Waals surface area contributed by atoms with Crippen molar-refractivity contribution in [3.63, 3.8) is 0 Å². The number of esters is 1. The molecule has 5 N–H and O–H groups in total. The van der Waals surface area contributed by atoms with E-state index in [2.05, 4.69) is 17.1 Å². The third-order valence-electron chi connectivity index (χ3n) is 13.7. The number of rotatable bonds is 9. The first-order valence-corrected chi connectivity index (χ1v) is 21.4. The topological polar surface area (TPSA) is 181 Å². The van der Waals surface area contributed by atoms with E-state index in [4.69, 9.17) is 33.2 Å². The zero-order valence-electron chi connectivity index (χ0n) is 37.4. The third kappa shape index (κ3) is 10.4. The maximum Gasteiger partial charge on any atom is 0.311 e. The second kappa shape index (κ2) is 19.3. The molecule has 0 saturated carbocycles. The van der Waals surface area contributed by atoms with Crippen LogP contribution in [-0.2, 0) is 38.0 Å². The van der Waals surface area contributed by atoms with Crippen molar-refractivity contribution in [3.8, 4) is 0 Å². The molecule has 1 unspecified atom stereocenters. The monoisotopic (exact) mass is 818 g/mol. The molecular weight excluding hydrogens is 738 g/mol. The Kier molecular flexibility index (Phi) is 16.5. The maximum atomic E-state index is 14.4. The lowest BCUT2D eigenvalue weighted by Crippen LogP contribution is -2.68. The van der Waals surface area contributed by atoms with E-state index in [1.165, 1.54) is 6.92 Å². The van der Waals surface area contributed by atoms with Gasteiger partial charge in [-0.2, -0.15) is 0 Å². The Bertz CT molecular complexity index is 1290. The average Bonchev–Trinajstić information content (AvgIpc) is 3.58. The van der Waals surface area contributed by atoms with Gasteiger partial charge in [-0.1, -0.05) is 27.7 Å². The van der Waals surface area contributed by atoms with Crippen molar-refractivity contribution in [3.05, 3.63) is 0 Å². The Morgan fingerprint density at radius 2 is 1.65 bits per heavy atom. The van der Waals surface area contributed by atoms with Gasteiger partial charge >= 0.3 is 5.97 Å². The number of cyclic esters (lactones) is 1. The highest BCUT2D eigenvalue weighted by Gasteiger charge is 2.62. The molecule has 4 aliphatic heterocycles. The standard InChI is InChI=1S/C42H79N3O12/c1-15-17-45-22-42(52-23-45)29(8)54-32(20-40(42,10)51-14)56-34-26(5)36(57-38-33(46)30(44(12)13)18-25(4)53-38)39(9,49)19-24(3)21-43-28(7)35(47)41(11,50)31(16-2)55-37(48)27(34)6/h24-36,38,43,46-47,49-50H,15-23H2,1-14H3/t24-,25-,26+,27-,28-,29+,30+,31-,32+,33-,34+,35-,36-,38+,39?,40-,41-,42+/m1/s1. The first-order valence-electron chi connectivity index (χ1n) is 21.4. The number of ether oxygens (including phenoxy) is 7. The van der Waals surface area contributed by atoms with E-state index in [1.54, 1.807) is 34.8 Å². The lowest BCUT2D eigenvalue weighted by molar-refractivity contribution is -0.335. The average molecular weight is 818 g/mol. The predicted octanol–water partition coefficient (Wildman–Crippen LogP) is 2.64. The molecule has 334 valence electrons. The van der Waals surface area contributed by atoms with E-state index >= 15 is 0 Å². The molecule has 15 nitrogen and oxygen atoms in total. The van der Waals surface area contributed by atoms with Crippen molar-refractivity contribution < 1.29 is 58.4 Å². The fourth-order valence-corrected chi connectivity index (χ4v) is 10.1. The number of aliphatic hydroxyl groups excluding tert-OH is 2. The van der Waals surface area contributed by atoms with Gasteiger partial charge in [-0.3, -0.25) is 9.69 Å². The summed E-state index contributed by atoms with van der Waals surface area (Å²) in [4.78, 5) is 18.6. The van der Waals surface area contributed by atoms with Crippen LogP contribution in [0.3, 0.4) is 0 Å². The predicted molar refractivity (Wildman–Crippen MR) is 214 cm³/mol. The lowest BCUT2D eigenvalue weighted by atomic mass is 9.75. The number of carbonyl (C=O) groups excluding carboxylic acids is 1. The van der Waals surface area contributed by atoms with Gasteiger partial charge < -0.3 is 63.8 Å². The molecule has 4 saturated heterocycles. The molecule has 0 aromatic heterocycles. The largest absolute Gasteiger partial charge is 0.459 e. The van der Waals surface area contributed by atoms with Crippen molar-refractivity contribution in [1.29, 1.82) is 0 Å². The molecular formula is C42H79N3O12. The van der Waals surface area contributed by atoms with E-state index in [9.17, 15) is 25.2 Å². The Morgan fingerprint density at radius 3 is 2.25 bits per heavy atom. The minimum atomic E-state index is -1.79. The number of aliphatic hydroxyl groups is 4. The Morgan fingerprint density at radius 1 is 0.982 bits per heavy atom. The molecule has 1 spiro atoms. The number of likely N-dealkylation sites (N-methyl/N-ethyl adjacent to an activating group) is 1. The SMILES string of the molecule is CCCN1CO[C@@]2(C1)[C@H](C)O[C@@H](O[C@H]1[C@H](C)[C@@H](O[C@@H]3O[C@H](C)C[C@H](N(C)C)[C@H]3O)C(C)(O)C[C@@H](C)CN[C@H](C)[C@@H](O)[C@](C)(O)[C@@H](CC)OC(=O)[C@@H]1C)C[C@@]2(C)OC. The minimum absolute atomic E-state index is 0.148. The zero-order valence-corrected chi connectivity index (χ0v) is 37.4. The second-order valence-corrected chi connectivity index (χ2v) is 18.8. The number of nitrogens with one attached hydrogen (secondary N) is 1. The second-order valence-electron chi connectivity index (χ2n) is 18.8. The van der Waals surface area contributed by atoms with E-state index < -0.39 is 95.5 Å². The van der Waals surface area contributed by atoms with Crippen LogP contribution in [0, 0.1) is 17.8 Å². The van der Waals surface area contributed by atoms with Crippen LogP contribution in [0.5, 0.6) is 0 Å². The third-order valence-corrected chi connectivity index (χ3v) is 13.7. The first kappa shape index (κ1) is 48.6. The molecule has 18 atom stereocenters. The van der Waals surface area contributed by atoms with E-state index in [-0.39, 0.29) is 37.3 Å². The molecule has 0 radical (unpaired) electrons. The summed E-state index contributed by atoms with van der Waals surface area (Å²) >= 11 is 0. The molecule has 4 rings (SSSR count). The highest BCUT2D eigenvalue weighted by atomic mass is 16.7. The fraction of sp³-hybridized carbons (Fsp3) is 0.976. The molecule has 57 heavy (non-hydrogen) atoms. The minimum Gasteiger partial charge on any atom is -0.459 e. The van der Waals surface area contributed by atoms with Crippen molar-refractivity contribution in [1.82, 2.24) is 15.1 Å². The van der Waals surface area contributed by atoms with Gasteiger partial charge in [-0.25, -0.2) is 0 Å². The number of hydrogen-bond donors (Lipinski definition) is 5. The Labute approximate surface area is 342 Å².